The smallest absolute Gasteiger partial charge is 0.166 e. The van der Waals surface area contributed by atoms with Gasteiger partial charge in [-0.05, 0) is 55.7 Å². The lowest BCUT2D eigenvalue weighted by molar-refractivity contribution is 0.282. The summed E-state index contributed by atoms with van der Waals surface area (Å²) >= 11 is 19.2. The van der Waals surface area contributed by atoms with Gasteiger partial charge in [-0.15, -0.1) is 0 Å². The number of nitrogens with one attached hydrogen (secondary N) is 1. The van der Waals surface area contributed by atoms with Crippen LogP contribution in [-0.2, 0) is 13.2 Å². The first kappa shape index (κ1) is 23.9. The molecule has 0 amide bonds. The van der Waals surface area contributed by atoms with Crippen LogP contribution in [0.3, 0.4) is 0 Å². The van der Waals surface area contributed by atoms with Gasteiger partial charge in [-0.25, -0.2) is 0 Å². The zero-order valence-corrected chi connectivity index (χ0v) is 20.8. The van der Waals surface area contributed by atoms with Gasteiger partial charge < -0.3 is 19.7 Å². The van der Waals surface area contributed by atoms with Gasteiger partial charge in [0.2, 0.25) is 0 Å². The molecule has 0 bridgehead atoms. The van der Waals surface area contributed by atoms with Crippen LogP contribution in [0.1, 0.15) is 30.4 Å². The van der Waals surface area contributed by atoms with E-state index in [1.165, 1.54) is 19.3 Å². The van der Waals surface area contributed by atoms with E-state index in [1.54, 1.807) is 19.2 Å². The summed E-state index contributed by atoms with van der Waals surface area (Å²) in [4.78, 5) is 2.36. The first-order valence-corrected chi connectivity index (χ1v) is 12.2. The number of rotatable bonds is 8. The SMILES string of the molecule is COc1cccc(CNc2ccc(N3CCCCC3)c(Cl)c2)c1OCc1c(Cl)cccc1Cl. The number of para-hydroxylation sites is 1. The lowest BCUT2D eigenvalue weighted by atomic mass is 10.1. The van der Waals surface area contributed by atoms with Crippen molar-refractivity contribution in [2.24, 2.45) is 0 Å². The molecule has 0 spiro atoms. The highest BCUT2D eigenvalue weighted by atomic mass is 35.5. The van der Waals surface area contributed by atoms with Crippen molar-refractivity contribution >= 4 is 46.2 Å². The number of methoxy groups -OCH3 is 1. The topological polar surface area (TPSA) is 33.7 Å². The third-order valence-electron chi connectivity index (χ3n) is 5.83. The fourth-order valence-electron chi connectivity index (χ4n) is 4.05. The van der Waals surface area contributed by atoms with Gasteiger partial charge in [0.25, 0.3) is 0 Å². The van der Waals surface area contributed by atoms with E-state index in [4.69, 9.17) is 44.3 Å². The predicted molar refractivity (Wildman–Crippen MR) is 139 cm³/mol. The molecule has 174 valence electrons. The molecule has 3 aromatic rings. The van der Waals surface area contributed by atoms with Crippen LogP contribution in [0.15, 0.2) is 54.6 Å². The van der Waals surface area contributed by atoms with Crippen molar-refractivity contribution in [2.75, 3.05) is 30.4 Å². The van der Waals surface area contributed by atoms with Gasteiger partial charge in [-0.2, -0.15) is 0 Å². The molecule has 1 aliphatic rings. The Kier molecular flexibility index (Phi) is 8.13. The lowest BCUT2D eigenvalue weighted by Crippen LogP contribution is -2.29. The maximum absolute atomic E-state index is 6.62. The van der Waals surface area contributed by atoms with Crippen molar-refractivity contribution in [3.63, 3.8) is 0 Å². The van der Waals surface area contributed by atoms with E-state index in [0.29, 0.717) is 28.1 Å². The molecule has 3 aromatic carbocycles. The Morgan fingerprint density at radius 2 is 1.61 bits per heavy atom. The van der Waals surface area contributed by atoms with Crippen LogP contribution in [0.4, 0.5) is 11.4 Å². The summed E-state index contributed by atoms with van der Waals surface area (Å²) in [7, 11) is 1.63. The zero-order valence-electron chi connectivity index (χ0n) is 18.5. The second-order valence-corrected chi connectivity index (χ2v) is 9.23. The molecule has 1 fully saturated rings. The summed E-state index contributed by atoms with van der Waals surface area (Å²) in [6.07, 6.45) is 3.73. The molecule has 4 nitrogen and oxygen atoms in total. The minimum Gasteiger partial charge on any atom is -0.493 e. The monoisotopic (exact) mass is 504 g/mol. The van der Waals surface area contributed by atoms with Crippen molar-refractivity contribution in [1.82, 2.24) is 0 Å². The normalized spacial score (nSPS) is 13.6. The van der Waals surface area contributed by atoms with Gasteiger partial charge >= 0.3 is 0 Å². The van der Waals surface area contributed by atoms with Crippen molar-refractivity contribution in [3.05, 3.63) is 80.8 Å². The van der Waals surface area contributed by atoms with Crippen LogP contribution in [0.5, 0.6) is 11.5 Å². The van der Waals surface area contributed by atoms with E-state index in [9.17, 15) is 0 Å². The lowest BCUT2D eigenvalue weighted by Gasteiger charge is -2.29. The van der Waals surface area contributed by atoms with Crippen LogP contribution < -0.4 is 19.7 Å². The predicted octanol–water partition coefficient (Wildman–Crippen LogP) is 7.84. The van der Waals surface area contributed by atoms with Crippen molar-refractivity contribution in [3.8, 4) is 11.5 Å². The highest BCUT2D eigenvalue weighted by Crippen LogP contribution is 2.35. The van der Waals surface area contributed by atoms with Gasteiger partial charge in [0, 0.05) is 46.5 Å². The molecule has 4 rings (SSSR count). The number of piperidine rings is 1. The van der Waals surface area contributed by atoms with Crippen molar-refractivity contribution in [2.45, 2.75) is 32.4 Å². The summed E-state index contributed by atoms with van der Waals surface area (Å²) in [5.74, 6) is 1.30. The molecule has 0 saturated carbocycles. The molecule has 33 heavy (non-hydrogen) atoms. The molecular formula is C26H27Cl3N2O2. The molecule has 0 aromatic heterocycles. The first-order chi connectivity index (χ1) is 16.1. The van der Waals surface area contributed by atoms with E-state index in [0.717, 1.165) is 40.6 Å². The molecule has 0 atom stereocenters. The Bertz CT molecular complexity index is 1080. The van der Waals surface area contributed by atoms with Gasteiger partial charge in [0.15, 0.2) is 11.5 Å². The van der Waals surface area contributed by atoms with Gasteiger partial charge in [-0.1, -0.05) is 53.0 Å². The average molecular weight is 506 g/mol. The number of anilines is 2. The second-order valence-electron chi connectivity index (χ2n) is 8.00. The molecular weight excluding hydrogens is 479 g/mol. The fourth-order valence-corrected chi connectivity index (χ4v) is 4.85. The number of hydrogen-bond acceptors (Lipinski definition) is 4. The van der Waals surface area contributed by atoms with E-state index >= 15 is 0 Å². The van der Waals surface area contributed by atoms with E-state index in [1.807, 2.05) is 30.3 Å². The van der Waals surface area contributed by atoms with E-state index in [2.05, 4.69) is 22.3 Å². The third-order valence-corrected chi connectivity index (χ3v) is 6.84. The molecule has 1 saturated heterocycles. The Balaban J connectivity index is 1.48. The number of ether oxygens (including phenoxy) is 2. The fraction of sp³-hybridized carbons (Fsp3) is 0.308. The minimum atomic E-state index is 0.238. The number of hydrogen-bond donors (Lipinski definition) is 1. The van der Waals surface area contributed by atoms with Crippen LogP contribution in [0.25, 0.3) is 0 Å². The van der Waals surface area contributed by atoms with Gasteiger partial charge in [0.1, 0.15) is 6.61 Å². The Morgan fingerprint density at radius 3 is 2.30 bits per heavy atom. The van der Waals surface area contributed by atoms with Gasteiger partial charge in [0.05, 0.1) is 17.8 Å². The molecule has 7 heteroatoms. The summed E-state index contributed by atoms with van der Waals surface area (Å²) in [6, 6.07) is 17.4. The number of nitrogens with zero attached hydrogens (tertiary/aromatic N) is 1. The minimum absolute atomic E-state index is 0.238. The molecule has 0 radical (unpaired) electrons. The summed E-state index contributed by atoms with van der Waals surface area (Å²) < 4.78 is 11.7. The Labute approximate surface area is 210 Å². The Hall–Kier alpha value is -2.27. The zero-order chi connectivity index (χ0) is 23.2. The van der Waals surface area contributed by atoms with Gasteiger partial charge in [-0.3, -0.25) is 0 Å². The van der Waals surface area contributed by atoms with Crippen LogP contribution in [0.2, 0.25) is 15.1 Å². The third kappa shape index (κ3) is 5.81. The van der Waals surface area contributed by atoms with E-state index in [-0.39, 0.29) is 6.61 Å². The van der Waals surface area contributed by atoms with Crippen molar-refractivity contribution in [1.29, 1.82) is 0 Å². The highest BCUT2D eigenvalue weighted by molar-refractivity contribution is 6.36. The summed E-state index contributed by atoms with van der Waals surface area (Å²) in [5, 5.41) is 5.36. The first-order valence-electron chi connectivity index (χ1n) is 11.1. The van der Waals surface area contributed by atoms with E-state index < -0.39 is 0 Å². The van der Waals surface area contributed by atoms with Crippen LogP contribution in [-0.4, -0.2) is 20.2 Å². The van der Waals surface area contributed by atoms with Crippen LogP contribution >= 0.6 is 34.8 Å². The number of halogens is 3. The van der Waals surface area contributed by atoms with Crippen LogP contribution in [0, 0.1) is 0 Å². The second kappa shape index (κ2) is 11.2. The average Bonchev–Trinajstić information content (AvgIpc) is 2.83. The molecule has 0 aliphatic carbocycles. The van der Waals surface area contributed by atoms with Crippen molar-refractivity contribution < 1.29 is 9.47 Å². The largest absolute Gasteiger partial charge is 0.493 e. The number of benzene rings is 3. The molecule has 0 unspecified atom stereocenters. The quantitative estimate of drug-likeness (QED) is 0.338. The molecule has 1 heterocycles. The summed E-state index contributed by atoms with van der Waals surface area (Å²) in [5.41, 5.74) is 3.74. The Morgan fingerprint density at radius 1 is 0.879 bits per heavy atom. The maximum atomic E-state index is 6.62. The molecule has 1 N–H and O–H groups in total. The highest BCUT2D eigenvalue weighted by Gasteiger charge is 2.16. The summed E-state index contributed by atoms with van der Waals surface area (Å²) in [6.45, 7) is 2.91. The molecule has 1 aliphatic heterocycles. The standard InChI is InChI=1S/C26H27Cl3N2O2/c1-32-25-10-5-7-18(26(25)33-17-20-21(27)8-6-9-22(20)28)16-30-19-11-12-24(23(29)15-19)31-13-3-2-4-14-31/h5-12,15,30H,2-4,13-14,16-17H2,1H3. The maximum Gasteiger partial charge on any atom is 0.166 e.